The van der Waals surface area contributed by atoms with E-state index in [2.05, 4.69) is 4.99 Å². The van der Waals surface area contributed by atoms with E-state index in [-0.39, 0.29) is 69.1 Å². The van der Waals surface area contributed by atoms with Gasteiger partial charge in [0.2, 0.25) is 5.84 Å². The van der Waals surface area contributed by atoms with Crippen molar-refractivity contribution in [2.24, 2.45) is 4.99 Å². The molecule has 1 aromatic rings. The van der Waals surface area contributed by atoms with Crippen LogP contribution in [0.3, 0.4) is 0 Å². The van der Waals surface area contributed by atoms with Gasteiger partial charge in [-0.1, -0.05) is 0 Å². The quantitative estimate of drug-likeness (QED) is 0.346. The van der Waals surface area contributed by atoms with Crippen molar-refractivity contribution in [3.8, 4) is 5.75 Å². The molecule has 0 aliphatic carbocycles. The third kappa shape index (κ3) is 3.45. The molecule has 0 bridgehead atoms. The van der Waals surface area contributed by atoms with E-state index in [1.807, 2.05) is 11.9 Å². The second-order valence-corrected chi connectivity index (χ2v) is 5.40. The summed E-state index contributed by atoms with van der Waals surface area (Å²) in [5.74, 6) is -2.47. The van der Waals surface area contributed by atoms with Gasteiger partial charge in [0.25, 0.3) is 5.91 Å². The van der Waals surface area contributed by atoms with Gasteiger partial charge >= 0.3 is 57.6 Å². The molecule has 0 atom stereocenters. The van der Waals surface area contributed by atoms with Crippen molar-refractivity contribution < 1.29 is 79.2 Å². The van der Waals surface area contributed by atoms with Gasteiger partial charge in [-0.25, -0.2) is 4.99 Å². The van der Waals surface area contributed by atoms with Crippen molar-refractivity contribution in [1.82, 2.24) is 0 Å². The van der Waals surface area contributed by atoms with Crippen LogP contribution in [0.25, 0.3) is 0 Å². The summed E-state index contributed by atoms with van der Waals surface area (Å²) in [6, 6.07) is 3.06. The molecule has 0 unspecified atom stereocenters. The Morgan fingerprint density at radius 3 is 2.56 bits per heavy atom. The molecule has 1 amide bonds. The normalized spacial score (nSPS) is 18.4. The van der Waals surface area contributed by atoms with Gasteiger partial charge in [0.15, 0.2) is 0 Å². The standard InChI is InChI=1S/C15H14F3N3O3.K/c1-20-4-3-8-5-11(12(24-2)6-10(8)20)21-13(23)9(7-22)19-14(21)15(16,17)18;/h5-7,22H,3-4H2,1-2H3;/q;+1/p-1/b9-7+;. The van der Waals surface area contributed by atoms with Crippen molar-refractivity contribution >= 4 is 23.1 Å². The number of amides is 1. The molecule has 0 spiro atoms. The zero-order valence-electron chi connectivity index (χ0n) is 13.8. The van der Waals surface area contributed by atoms with Crippen molar-refractivity contribution in [1.29, 1.82) is 0 Å². The van der Waals surface area contributed by atoms with Crippen molar-refractivity contribution in [3.63, 3.8) is 0 Å². The summed E-state index contributed by atoms with van der Waals surface area (Å²) in [7, 11) is 3.16. The summed E-state index contributed by atoms with van der Waals surface area (Å²) in [5.41, 5.74) is 0.751. The molecule has 0 N–H and O–H groups in total. The first kappa shape index (κ1) is 20.2. The van der Waals surface area contributed by atoms with Crippen LogP contribution in [0.1, 0.15) is 5.56 Å². The maximum absolute atomic E-state index is 13.2. The fraction of sp³-hybridized carbons (Fsp3) is 0.333. The number of carbonyl (C=O) groups is 1. The Balaban J connectivity index is 0.00000225. The van der Waals surface area contributed by atoms with E-state index in [1.54, 1.807) is 6.07 Å². The Bertz CT molecular complexity index is 777. The van der Waals surface area contributed by atoms with Gasteiger partial charge in [-0.3, -0.25) is 9.69 Å². The van der Waals surface area contributed by atoms with Crippen LogP contribution in [-0.4, -0.2) is 38.6 Å². The summed E-state index contributed by atoms with van der Waals surface area (Å²) < 4.78 is 44.9. The summed E-state index contributed by atoms with van der Waals surface area (Å²) in [6.45, 7) is 0.710. The first-order valence-corrected chi connectivity index (χ1v) is 7.02. The number of nitrogens with zero attached hydrogens (tertiary/aromatic N) is 3. The van der Waals surface area contributed by atoms with Crippen molar-refractivity contribution in [3.05, 3.63) is 29.7 Å². The van der Waals surface area contributed by atoms with E-state index in [0.717, 1.165) is 11.3 Å². The number of rotatable bonds is 2. The Morgan fingerprint density at radius 2 is 2.00 bits per heavy atom. The van der Waals surface area contributed by atoms with E-state index in [0.29, 0.717) is 17.9 Å². The van der Waals surface area contributed by atoms with Gasteiger partial charge in [-0.2, -0.15) is 13.2 Å². The number of hydrogen-bond donors (Lipinski definition) is 0. The number of fused-ring (bicyclic) bond motifs is 1. The van der Waals surface area contributed by atoms with E-state index >= 15 is 0 Å². The molecule has 0 fully saturated rings. The average Bonchev–Trinajstić information content (AvgIpc) is 3.06. The number of alkyl halides is 3. The number of anilines is 2. The molecule has 0 aromatic heterocycles. The second-order valence-electron chi connectivity index (χ2n) is 5.40. The molecular formula is C15H13F3KN3O3. The molecular weight excluding hydrogens is 366 g/mol. The predicted octanol–water partition coefficient (Wildman–Crippen LogP) is -1.80. The number of ether oxygens (including phenoxy) is 1. The fourth-order valence-electron chi connectivity index (χ4n) is 2.82. The van der Waals surface area contributed by atoms with Crippen molar-refractivity contribution in [2.75, 3.05) is 30.5 Å². The van der Waals surface area contributed by atoms with Gasteiger partial charge in [0.1, 0.15) is 11.4 Å². The molecule has 1 aromatic carbocycles. The minimum atomic E-state index is -4.89. The Morgan fingerprint density at radius 1 is 1.32 bits per heavy atom. The first-order chi connectivity index (χ1) is 11.3. The summed E-state index contributed by atoms with van der Waals surface area (Å²) >= 11 is 0. The number of aliphatic imine (C=N–C) groups is 1. The number of halogens is 3. The number of benzene rings is 1. The number of methoxy groups -OCH3 is 1. The molecule has 2 aliphatic rings. The van der Waals surface area contributed by atoms with Crippen LogP contribution < -0.4 is 71.0 Å². The molecule has 10 heteroatoms. The zero-order valence-corrected chi connectivity index (χ0v) is 17.0. The fourth-order valence-corrected chi connectivity index (χ4v) is 2.82. The Hall–Kier alpha value is -1.07. The molecule has 2 heterocycles. The van der Waals surface area contributed by atoms with Crippen LogP contribution >= 0.6 is 0 Å². The molecule has 128 valence electrons. The van der Waals surface area contributed by atoms with Gasteiger partial charge < -0.3 is 14.7 Å². The van der Waals surface area contributed by atoms with Crippen LogP contribution in [0.5, 0.6) is 5.75 Å². The summed E-state index contributed by atoms with van der Waals surface area (Å²) in [6.07, 6.45) is -4.24. The number of carbonyl (C=O) groups excluding carboxylic acids is 1. The maximum Gasteiger partial charge on any atom is 1.00 e. The molecule has 25 heavy (non-hydrogen) atoms. The van der Waals surface area contributed by atoms with E-state index < -0.39 is 23.6 Å². The molecule has 0 saturated heterocycles. The number of amidine groups is 1. The monoisotopic (exact) mass is 379 g/mol. The largest absolute Gasteiger partial charge is 1.00 e. The zero-order chi connectivity index (χ0) is 17.6. The van der Waals surface area contributed by atoms with Crippen LogP contribution in [0, 0.1) is 0 Å². The SMILES string of the molecule is COc1cc2c(cc1N1C(=O)/C(=C\[O-])N=C1C(F)(F)F)CCN2C.[K+]. The summed E-state index contributed by atoms with van der Waals surface area (Å²) in [4.78, 5) is 17.7. The minimum absolute atomic E-state index is 0. The third-order valence-corrected chi connectivity index (χ3v) is 3.97. The van der Waals surface area contributed by atoms with E-state index in [1.165, 1.54) is 13.2 Å². The average molecular weight is 379 g/mol. The second kappa shape index (κ2) is 7.27. The summed E-state index contributed by atoms with van der Waals surface area (Å²) in [5, 5.41) is 10.9. The van der Waals surface area contributed by atoms with Gasteiger partial charge in [0.05, 0.1) is 12.8 Å². The van der Waals surface area contributed by atoms with Crippen molar-refractivity contribution in [2.45, 2.75) is 12.6 Å². The maximum atomic E-state index is 13.2. The van der Waals surface area contributed by atoms with Gasteiger partial charge in [-0.05, 0) is 18.1 Å². The third-order valence-electron chi connectivity index (χ3n) is 3.97. The van der Waals surface area contributed by atoms with Crippen LogP contribution in [0.15, 0.2) is 29.1 Å². The Labute approximate surface area is 184 Å². The van der Waals surface area contributed by atoms with Crippen LogP contribution in [-0.2, 0) is 11.2 Å². The first-order valence-electron chi connectivity index (χ1n) is 7.02. The molecule has 0 radical (unpaired) electrons. The molecule has 6 nitrogen and oxygen atoms in total. The van der Waals surface area contributed by atoms with Gasteiger partial charge in [0, 0.05) is 25.3 Å². The predicted molar refractivity (Wildman–Crippen MR) is 79.0 cm³/mol. The molecule has 2 aliphatic heterocycles. The van der Waals surface area contributed by atoms with Crippen LogP contribution in [0.4, 0.5) is 24.5 Å². The molecule has 3 rings (SSSR count). The van der Waals surface area contributed by atoms with Gasteiger partial charge in [-0.15, -0.1) is 6.26 Å². The number of likely N-dealkylation sites (N-methyl/N-ethyl adjacent to an activating group) is 1. The smallest absolute Gasteiger partial charge is 0.876 e. The number of hydrogen-bond acceptors (Lipinski definition) is 5. The molecule has 0 saturated carbocycles. The Kier molecular flexibility index (Phi) is 5.89. The van der Waals surface area contributed by atoms with E-state index in [4.69, 9.17) is 4.74 Å². The topological polar surface area (TPSA) is 68.2 Å². The van der Waals surface area contributed by atoms with Crippen LogP contribution in [0.2, 0.25) is 0 Å². The minimum Gasteiger partial charge on any atom is -0.876 e. The van der Waals surface area contributed by atoms with E-state index in [9.17, 15) is 23.1 Å².